The van der Waals surface area contributed by atoms with E-state index >= 15 is 0 Å². The topological polar surface area (TPSA) is 49.3 Å². The molecule has 0 fully saturated rings. The molecule has 5 nitrogen and oxygen atoms in total. The molecule has 3 aromatic rings. The molecular weight excluding hydrogens is 464 g/mol. The van der Waals surface area contributed by atoms with Crippen molar-refractivity contribution in [1.29, 1.82) is 0 Å². The predicted molar refractivity (Wildman–Crippen MR) is 132 cm³/mol. The molecule has 0 spiro atoms. The van der Waals surface area contributed by atoms with Gasteiger partial charge < -0.3 is 9.80 Å². The van der Waals surface area contributed by atoms with Crippen molar-refractivity contribution >= 4 is 27.7 Å². The first-order chi connectivity index (χ1) is 15.4. The fourth-order valence-electron chi connectivity index (χ4n) is 4.06. The van der Waals surface area contributed by atoms with Crippen LogP contribution in [0, 0.1) is 5.92 Å². The number of hydrogen-bond donors (Lipinski definition) is 0. The van der Waals surface area contributed by atoms with E-state index in [1.165, 1.54) is 5.56 Å². The van der Waals surface area contributed by atoms with Crippen molar-refractivity contribution in [2.45, 2.75) is 39.8 Å². The van der Waals surface area contributed by atoms with E-state index in [9.17, 15) is 4.79 Å². The Morgan fingerprint density at radius 2 is 1.81 bits per heavy atom. The second-order valence-electron chi connectivity index (χ2n) is 8.81. The van der Waals surface area contributed by atoms with Crippen molar-refractivity contribution in [2.24, 2.45) is 5.92 Å². The first kappa shape index (κ1) is 22.5. The molecule has 0 aliphatic carbocycles. The van der Waals surface area contributed by atoms with Crippen LogP contribution in [0.4, 0.5) is 5.82 Å². The van der Waals surface area contributed by atoms with Crippen molar-refractivity contribution in [3.8, 4) is 11.4 Å². The van der Waals surface area contributed by atoms with Crippen LogP contribution in [-0.2, 0) is 24.3 Å². The molecule has 0 saturated heterocycles. The Morgan fingerprint density at radius 1 is 1.09 bits per heavy atom. The SMILES string of the molecule is CC(C)CC(=O)N1CCc2nc(-c3ccc(Br)cc3)nc(N(C)Cc3ccccc3)c2C1. The zero-order chi connectivity index (χ0) is 22.7. The lowest BCUT2D eigenvalue weighted by Gasteiger charge is -2.32. The van der Waals surface area contributed by atoms with Crippen molar-refractivity contribution in [3.63, 3.8) is 0 Å². The molecule has 0 unspecified atom stereocenters. The van der Waals surface area contributed by atoms with E-state index in [1.807, 2.05) is 35.2 Å². The molecule has 2 aromatic carbocycles. The van der Waals surface area contributed by atoms with Crippen molar-refractivity contribution in [2.75, 3.05) is 18.5 Å². The maximum absolute atomic E-state index is 12.8. The Bertz CT molecular complexity index is 1080. The van der Waals surface area contributed by atoms with E-state index in [-0.39, 0.29) is 5.91 Å². The van der Waals surface area contributed by atoms with Crippen LogP contribution in [-0.4, -0.2) is 34.4 Å². The van der Waals surface area contributed by atoms with Gasteiger partial charge in [-0.1, -0.05) is 72.2 Å². The Hall–Kier alpha value is -2.73. The molecule has 1 aliphatic rings. The molecule has 0 saturated carbocycles. The maximum atomic E-state index is 12.8. The summed E-state index contributed by atoms with van der Waals surface area (Å²) in [4.78, 5) is 26.8. The summed E-state index contributed by atoms with van der Waals surface area (Å²) < 4.78 is 1.03. The quantitative estimate of drug-likeness (QED) is 0.457. The smallest absolute Gasteiger partial charge is 0.223 e. The van der Waals surface area contributed by atoms with Crippen LogP contribution in [0.5, 0.6) is 0 Å². The number of anilines is 1. The van der Waals surface area contributed by atoms with Gasteiger partial charge in [-0.15, -0.1) is 0 Å². The van der Waals surface area contributed by atoms with Gasteiger partial charge in [-0.3, -0.25) is 4.79 Å². The fourth-order valence-corrected chi connectivity index (χ4v) is 4.33. The number of aromatic nitrogens is 2. The summed E-state index contributed by atoms with van der Waals surface area (Å²) in [6, 6.07) is 18.5. The highest BCUT2D eigenvalue weighted by Crippen LogP contribution is 2.31. The number of halogens is 1. The molecular formula is C26H29BrN4O. The Balaban J connectivity index is 1.71. The molecule has 0 N–H and O–H groups in total. The lowest BCUT2D eigenvalue weighted by atomic mass is 10.0. The van der Waals surface area contributed by atoms with E-state index in [4.69, 9.17) is 9.97 Å². The number of hydrogen-bond acceptors (Lipinski definition) is 4. The largest absolute Gasteiger partial charge is 0.355 e. The van der Waals surface area contributed by atoms with Crippen molar-refractivity contribution in [3.05, 3.63) is 75.9 Å². The summed E-state index contributed by atoms with van der Waals surface area (Å²) >= 11 is 3.50. The third kappa shape index (κ3) is 5.18. The van der Waals surface area contributed by atoms with Crippen LogP contribution in [0.25, 0.3) is 11.4 Å². The Morgan fingerprint density at radius 3 is 2.50 bits per heavy atom. The van der Waals surface area contributed by atoms with E-state index in [1.54, 1.807) is 0 Å². The molecule has 1 aromatic heterocycles. The zero-order valence-corrected chi connectivity index (χ0v) is 20.5. The second-order valence-corrected chi connectivity index (χ2v) is 9.72. The third-order valence-corrected chi connectivity index (χ3v) is 6.23. The minimum Gasteiger partial charge on any atom is -0.355 e. The molecule has 0 bridgehead atoms. The lowest BCUT2D eigenvalue weighted by molar-refractivity contribution is -0.132. The Labute approximate surface area is 198 Å². The summed E-state index contributed by atoms with van der Waals surface area (Å²) in [5.41, 5.74) is 4.31. The standard InChI is InChI=1S/C26H29BrN4O/c1-18(2)15-24(32)31-14-13-23-22(17-31)26(30(3)16-19-7-5-4-6-8-19)29-25(28-23)20-9-11-21(27)12-10-20/h4-12,18H,13-17H2,1-3H3. The molecule has 166 valence electrons. The minimum atomic E-state index is 0.208. The van der Waals surface area contributed by atoms with Gasteiger partial charge in [0, 0.05) is 48.6 Å². The monoisotopic (exact) mass is 492 g/mol. The molecule has 0 radical (unpaired) electrons. The van der Waals surface area contributed by atoms with Gasteiger partial charge in [-0.05, 0) is 23.6 Å². The summed E-state index contributed by atoms with van der Waals surface area (Å²) in [6.07, 6.45) is 1.32. The first-order valence-electron chi connectivity index (χ1n) is 11.1. The van der Waals surface area contributed by atoms with E-state index in [2.05, 4.69) is 66.0 Å². The number of nitrogens with zero attached hydrogens (tertiary/aromatic N) is 4. The number of rotatable bonds is 6. The van der Waals surface area contributed by atoms with Gasteiger partial charge in [0.25, 0.3) is 0 Å². The van der Waals surface area contributed by atoms with E-state index in [0.29, 0.717) is 25.4 Å². The summed E-state index contributed by atoms with van der Waals surface area (Å²) in [6.45, 7) is 6.18. The van der Waals surface area contributed by atoms with E-state index < -0.39 is 0 Å². The van der Waals surface area contributed by atoms with Gasteiger partial charge in [0.2, 0.25) is 5.91 Å². The number of carbonyl (C=O) groups is 1. The molecule has 0 atom stereocenters. The van der Waals surface area contributed by atoms with Crippen molar-refractivity contribution in [1.82, 2.24) is 14.9 Å². The van der Waals surface area contributed by atoms with Crippen LogP contribution in [0.15, 0.2) is 59.1 Å². The average molecular weight is 493 g/mol. The van der Waals surface area contributed by atoms with Crippen LogP contribution in [0.3, 0.4) is 0 Å². The normalized spacial score (nSPS) is 13.2. The van der Waals surface area contributed by atoms with Crippen LogP contribution in [0.2, 0.25) is 0 Å². The number of benzene rings is 2. The van der Waals surface area contributed by atoms with Gasteiger partial charge in [0.05, 0.1) is 12.2 Å². The van der Waals surface area contributed by atoms with Gasteiger partial charge in [0.15, 0.2) is 5.82 Å². The molecule has 1 aliphatic heterocycles. The summed E-state index contributed by atoms with van der Waals surface area (Å²) in [5.74, 6) is 2.19. The maximum Gasteiger partial charge on any atom is 0.223 e. The van der Waals surface area contributed by atoms with Gasteiger partial charge in [-0.25, -0.2) is 9.97 Å². The second kappa shape index (κ2) is 9.82. The molecule has 4 rings (SSSR count). The number of carbonyl (C=O) groups excluding carboxylic acids is 1. The molecule has 1 amide bonds. The van der Waals surface area contributed by atoms with Gasteiger partial charge >= 0.3 is 0 Å². The van der Waals surface area contributed by atoms with Crippen molar-refractivity contribution < 1.29 is 4.79 Å². The lowest BCUT2D eigenvalue weighted by Crippen LogP contribution is -2.38. The minimum absolute atomic E-state index is 0.208. The van der Waals surface area contributed by atoms with Gasteiger partial charge in [-0.2, -0.15) is 0 Å². The van der Waals surface area contributed by atoms with Crippen LogP contribution in [0.1, 0.15) is 37.1 Å². The highest BCUT2D eigenvalue weighted by molar-refractivity contribution is 9.10. The molecule has 6 heteroatoms. The van der Waals surface area contributed by atoms with Gasteiger partial charge in [0.1, 0.15) is 5.82 Å². The van der Waals surface area contributed by atoms with E-state index in [0.717, 1.165) is 45.9 Å². The molecule has 32 heavy (non-hydrogen) atoms. The Kier molecular flexibility index (Phi) is 6.89. The van der Waals surface area contributed by atoms with Crippen LogP contribution < -0.4 is 4.90 Å². The summed E-state index contributed by atoms with van der Waals surface area (Å²) in [7, 11) is 2.07. The first-order valence-corrected chi connectivity index (χ1v) is 11.9. The fraction of sp³-hybridized carbons (Fsp3) is 0.346. The number of amides is 1. The average Bonchev–Trinajstić information content (AvgIpc) is 2.78. The third-order valence-electron chi connectivity index (χ3n) is 5.70. The highest BCUT2D eigenvalue weighted by atomic mass is 79.9. The molecule has 2 heterocycles. The summed E-state index contributed by atoms with van der Waals surface area (Å²) in [5, 5.41) is 0. The number of fused-ring (bicyclic) bond motifs is 1. The predicted octanol–water partition coefficient (Wildman–Crippen LogP) is 5.47. The zero-order valence-electron chi connectivity index (χ0n) is 18.9. The van der Waals surface area contributed by atoms with Crippen LogP contribution >= 0.6 is 15.9 Å². The highest BCUT2D eigenvalue weighted by Gasteiger charge is 2.27.